The molecule has 0 radical (unpaired) electrons. The third kappa shape index (κ3) is 3.99. The van der Waals surface area contributed by atoms with Crippen LogP contribution in [0.5, 0.6) is 0 Å². The molecule has 1 unspecified atom stereocenters. The quantitative estimate of drug-likeness (QED) is 0.578. The third-order valence-corrected chi connectivity index (χ3v) is 2.38. The second-order valence-corrected chi connectivity index (χ2v) is 3.67. The van der Waals surface area contributed by atoms with Crippen molar-refractivity contribution in [2.75, 3.05) is 0 Å². The number of hydrogen-bond acceptors (Lipinski definition) is 2. The van der Waals surface area contributed by atoms with Gasteiger partial charge >= 0.3 is 6.03 Å². The van der Waals surface area contributed by atoms with Gasteiger partial charge < -0.3 is 17.2 Å². The highest BCUT2D eigenvalue weighted by Gasteiger charge is 2.13. The lowest BCUT2D eigenvalue weighted by molar-refractivity contribution is 0.256. The molecule has 6 N–H and O–H groups in total. The molecule has 4 nitrogen and oxygen atoms in total. The topological polar surface area (TPSA) is 95.1 Å². The van der Waals surface area contributed by atoms with E-state index in [-0.39, 0.29) is 0 Å². The summed E-state index contributed by atoms with van der Waals surface area (Å²) >= 11 is 0. The van der Waals surface area contributed by atoms with Crippen LogP contribution in [0.2, 0.25) is 0 Å². The molecule has 0 aliphatic heterocycles. The molecular weight excluding hydrogens is 190 g/mol. The Labute approximate surface area is 89.4 Å². The standard InChI is InChI=1S/C10H13N.CH4N2O/c11-10-6-5-8-3-1-2-4-9(8)7-10;2-1(3)4/h1-4,10H,5-7,11H2;(H4,2,3,4). The lowest BCUT2D eigenvalue weighted by atomic mass is 9.89. The highest BCUT2D eigenvalue weighted by atomic mass is 16.2. The van der Waals surface area contributed by atoms with Gasteiger partial charge in [-0.05, 0) is 30.4 Å². The van der Waals surface area contributed by atoms with Crippen LogP contribution in [-0.4, -0.2) is 12.1 Å². The zero-order valence-electron chi connectivity index (χ0n) is 8.65. The molecule has 0 fully saturated rings. The molecule has 1 aliphatic carbocycles. The van der Waals surface area contributed by atoms with E-state index in [0.717, 1.165) is 19.3 Å². The molecule has 1 aliphatic rings. The largest absolute Gasteiger partial charge is 0.352 e. The van der Waals surface area contributed by atoms with Gasteiger partial charge in [0.15, 0.2) is 0 Å². The first-order chi connectivity index (χ1) is 7.09. The van der Waals surface area contributed by atoms with Crippen LogP contribution in [0, 0.1) is 0 Å². The van der Waals surface area contributed by atoms with Crippen molar-refractivity contribution < 1.29 is 4.79 Å². The van der Waals surface area contributed by atoms with Gasteiger partial charge in [-0.25, -0.2) is 4.79 Å². The maximum atomic E-state index is 9.00. The molecule has 0 bridgehead atoms. The van der Waals surface area contributed by atoms with Crippen molar-refractivity contribution in [3.63, 3.8) is 0 Å². The van der Waals surface area contributed by atoms with Gasteiger partial charge in [0.1, 0.15) is 0 Å². The van der Waals surface area contributed by atoms with Crippen LogP contribution in [0.3, 0.4) is 0 Å². The Balaban J connectivity index is 0.000000245. The molecule has 1 aromatic rings. The fraction of sp³-hybridized carbons (Fsp3) is 0.364. The SMILES string of the molecule is NC(N)=O.NC1CCc2ccccc2C1. The van der Waals surface area contributed by atoms with Gasteiger partial charge in [-0.3, -0.25) is 0 Å². The van der Waals surface area contributed by atoms with E-state index < -0.39 is 6.03 Å². The number of hydrogen-bond donors (Lipinski definition) is 3. The van der Waals surface area contributed by atoms with Crippen LogP contribution in [0.25, 0.3) is 0 Å². The van der Waals surface area contributed by atoms with E-state index in [4.69, 9.17) is 10.5 Å². The average Bonchev–Trinajstić information content (AvgIpc) is 2.16. The number of urea groups is 1. The number of nitrogens with two attached hydrogens (primary N) is 3. The van der Waals surface area contributed by atoms with E-state index in [1.807, 2.05) is 0 Å². The molecule has 15 heavy (non-hydrogen) atoms. The molecule has 2 rings (SSSR count). The monoisotopic (exact) mass is 207 g/mol. The van der Waals surface area contributed by atoms with Crippen LogP contribution in [0.1, 0.15) is 17.5 Å². The summed E-state index contributed by atoms with van der Waals surface area (Å²) in [5.74, 6) is 0. The van der Waals surface area contributed by atoms with Crippen LogP contribution < -0.4 is 17.2 Å². The Bertz CT molecular complexity index is 334. The van der Waals surface area contributed by atoms with Crippen molar-refractivity contribution in [3.8, 4) is 0 Å². The van der Waals surface area contributed by atoms with Gasteiger partial charge in [-0.15, -0.1) is 0 Å². The van der Waals surface area contributed by atoms with E-state index in [9.17, 15) is 0 Å². The lowest BCUT2D eigenvalue weighted by Crippen LogP contribution is -2.27. The van der Waals surface area contributed by atoms with Crippen LogP contribution in [-0.2, 0) is 12.8 Å². The average molecular weight is 207 g/mol. The molecule has 0 spiro atoms. The number of fused-ring (bicyclic) bond motifs is 1. The molecular formula is C11H17N3O. The maximum absolute atomic E-state index is 9.00. The number of benzene rings is 1. The number of primary amides is 2. The van der Waals surface area contributed by atoms with Gasteiger partial charge in [0.05, 0.1) is 0 Å². The van der Waals surface area contributed by atoms with E-state index in [1.165, 1.54) is 11.1 Å². The zero-order valence-corrected chi connectivity index (χ0v) is 8.65. The summed E-state index contributed by atoms with van der Waals surface area (Å²) in [5, 5.41) is 0. The molecule has 0 aromatic heterocycles. The van der Waals surface area contributed by atoms with Crippen LogP contribution >= 0.6 is 0 Å². The Morgan fingerprint density at radius 2 is 1.73 bits per heavy atom. The molecule has 1 atom stereocenters. The van der Waals surface area contributed by atoms with Crippen molar-refractivity contribution in [3.05, 3.63) is 35.4 Å². The van der Waals surface area contributed by atoms with Gasteiger partial charge in [-0.2, -0.15) is 0 Å². The Hall–Kier alpha value is -1.55. The highest BCUT2D eigenvalue weighted by molar-refractivity contribution is 5.69. The van der Waals surface area contributed by atoms with Crippen molar-refractivity contribution >= 4 is 6.03 Å². The van der Waals surface area contributed by atoms with Crippen molar-refractivity contribution in [1.29, 1.82) is 0 Å². The first-order valence-electron chi connectivity index (χ1n) is 4.97. The first kappa shape index (κ1) is 11.5. The van der Waals surface area contributed by atoms with Gasteiger partial charge in [0.2, 0.25) is 0 Å². The molecule has 1 aromatic carbocycles. The summed E-state index contributed by atoms with van der Waals surface area (Å²) in [5.41, 5.74) is 17.3. The lowest BCUT2D eigenvalue weighted by Gasteiger charge is -2.20. The summed E-state index contributed by atoms with van der Waals surface area (Å²) in [6.45, 7) is 0. The summed E-state index contributed by atoms with van der Waals surface area (Å²) in [6, 6.07) is 8.16. The first-order valence-corrected chi connectivity index (χ1v) is 4.97. The number of carbonyl (C=O) groups excluding carboxylic acids is 1. The molecule has 0 saturated heterocycles. The Morgan fingerprint density at radius 3 is 2.33 bits per heavy atom. The van der Waals surface area contributed by atoms with Gasteiger partial charge in [-0.1, -0.05) is 24.3 Å². The predicted octanol–water partition coefficient (Wildman–Crippen LogP) is 0.526. The molecule has 82 valence electrons. The normalized spacial score (nSPS) is 18.3. The Kier molecular flexibility index (Phi) is 4.12. The summed E-state index contributed by atoms with van der Waals surface area (Å²) < 4.78 is 0. The third-order valence-electron chi connectivity index (χ3n) is 2.38. The number of carbonyl (C=O) groups is 1. The molecule has 0 heterocycles. The smallest absolute Gasteiger partial charge is 0.309 e. The summed E-state index contributed by atoms with van der Waals surface area (Å²) in [7, 11) is 0. The Morgan fingerprint density at radius 1 is 1.20 bits per heavy atom. The van der Waals surface area contributed by atoms with E-state index in [0.29, 0.717) is 6.04 Å². The molecule has 0 saturated carbocycles. The summed E-state index contributed by atoms with van der Waals surface area (Å²) in [4.78, 5) is 9.00. The van der Waals surface area contributed by atoms with Gasteiger partial charge in [0, 0.05) is 6.04 Å². The molecule has 4 heteroatoms. The summed E-state index contributed by atoms with van der Waals surface area (Å²) in [6.07, 6.45) is 3.38. The van der Waals surface area contributed by atoms with Crippen LogP contribution in [0.4, 0.5) is 4.79 Å². The van der Waals surface area contributed by atoms with Crippen molar-refractivity contribution in [2.45, 2.75) is 25.3 Å². The minimum absolute atomic E-state index is 0.393. The fourth-order valence-corrected chi connectivity index (χ4v) is 1.73. The number of rotatable bonds is 0. The van der Waals surface area contributed by atoms with Crippen molar-refractivity contribution in [1.82, 2.24) is 0 Å². The second kappa shape index (κ2) is 5.36. The van der Waals surface area contributed by atoms with Gasteiger partial charge in [0.25, 0.3) is 0 Å². The minimum atomic E-state index is -0.833. The zero-order chi connectivity index (χ0) is 11.3. The van der Waals surface area contributed by atoms with Crippen molar-refractivity contribution in [2.24, 2.45) is 17.2 Å². The predicted molar refractivity (Wildman–Crippen MR) is 60.2 cm³/mol. The highest BCUT2D eigenvalue weighted by Crippen LogP contribution is 2.19. The number of amides is 2. The second-order valence-electron chi connectivity index (χ2n) is 3.67. The van der Waals surface area contributed by atoms with E-state index in [1.54, 1.807) is 0 Å². The fourth-order valence-electron chi connectivity index (χ4n) is 1.73. The maximum Gasteiger partial charge on any atom is 0.309 e. The van der Waals surface area contributed by atoms with Crippen LogP contribution in [0.15, 0.2) is 24.3 Å². The number of aryl methyl sites for hydroxylation is 1. The molecule has 2 amide bonds. The van der Waals surface area contributed by atoms with E-state index in [2.05, 4.69) is 35.7 Å². The van der Waals surface area contributed by atoms with E-state index >= 15 is 0 Å². The minimum Gasteiger partial charge on any atom is -0.352 e.